The van der Waals surface area contributed by atoms with Gasteiger partial charge in [0, 0.05) is 13.5 Å². The summed E-state index contributed by atoms with van der Waals surface area (Å²) in [5.74, 6) is 1.96. The second-order valence-corrected chi connectivity index (χ2v) is 4.73. The van der Waals surface area contributed by atoms with Crippen molar-refractivity contribution in [2.45, 2.75) is 33.2 Å². The number of aryl methyl sites for hydroxylation is 3. The van der Waals surface area contributed by atoms with E-state index in [1.54, 1.807) is 10.9 Å². The molecule has 2 N–H and O–H groups in total. The van der Waals surface area contributed by atoms with Crippen molar-refractivity contribution in [1.29, 1.82) is 0 Å². The molecule has 0 amide bonds. The first-order chi connectivity index (χ1) is 9.63. The molecule has 0 aliphatic rings. The Bertz CT molecular complexity index is 750. The first-order valence-electron chi connectivity index (χ1n) is 6.75. The van der Waals surface area contributed by atoms with E-state index in [1.165, 1.54) is 0 Å². The Labute approximate surface area is 116 Å². The molecule has 0 aromatic carbocycles. The molecule has 3 aromatic heterocycles. The third-order valence-electron chi connectivity index (χ3n) is 3.40. The van der Waals surface area contributed by atoms with Crippen molar-refractivity contribution in [2.75, 3.05) is 5.73 Å². The predicted octanol–water partition coefficient (Wildman–Crippen LogP) is 1.51. The van der Waals surface area contributed by atoms with Gasteiger partial charge >= 0.3 is 0 Å². The molecule has 0 unspecified atom stereocenters. The summed E-state index contributed by atoms with van der Waals surface area (Å²) in [6.45, 7) is 4.55. The van der Waals surface area contributed by atoms with Gasteiger partial charge in [-0.25, -0.2) is 9.97 Å². The average molecular weight is 274 g/mol. The minimum Gasteiger partial charge on any atom is -0.444 e. The van der Waals surface area contributed by atoms with Crippen molar-refractivity contribution in [2.24, 2.45) is 7.05 Å². The Kier molecular flexibility index (Phi) is 2.96. The van der Waals surface area contributed by atoms with Crippen LogP contribution >= 0.6 is 0 Å². The summed E-state index contributed by atoms with van der Waals surface area (Å²) in [6.07, 6.45) is 3.40. The highest BCUT2D eigenvalue weighted by Crippen LogP contribution is 2.22. The molecule has 0 aliphatic heterocycles. The predicted molar refractivity (Wildman–Crippen MR) is 75.3 cm³/mol. The Balaban J connectivity index is 2.06. The van der Waals surface area contributed by atoms with Gasteiger partial charge in [0.2, 0.25) is 11.8 Å². The number of nitrogens with two attached hydrogens (primary N) is 1. The van der Waals surface area contributed by atoms with Crippen LogP contribution in [0.1, 0.15) is 31.2 Å². The minimum absolute atomic E-state index is 0.457. The van der Waals surface area contributed by atoms with E-state index in [0.717, 1.165) is 35.5 Å². The third-order valence-corrected chi connectivity index (χ3v) is 3.40. The summed E-state index contributed by atoms with van der Waals surface area (Å²) in [7, 11) is 1.89. The Morgan fingerprint density at radius 3 is 2.75 bits per heavy atom. The number of hydrogen-bond acceptors (Lipinski definition) is 5. The topological polar surface area (TPSA) is 87.7 Å². The second-order valence-electron chi connectivity index (χ2n) is 4.73. The molecular weight excluding hydrogens is 256 g/mol. The lowest BCUT2D eigenvalue weighted by atomic mass is 10.3. The summed E-state index contributed by atoms with van der Waals surface area (Å²) in [5, 5.41) is 4.46. The van der Waals surface area contributed by atoms with Gasteiger partial charge in [0.25, 0.3) is 0 Å². The van der Waals surface area contributed by atoms with Crippen LogP contribution in [0.5, 0.6) is 0 Å². The van der Waals surface area contributed by atoms with Crippen LogP contribution < -0.4 is 5.73 Å². The lowest BCUT2D eigenvalue weighted by molar-refractivity contribution is 0.448. The number of hydrogen-bond donors (Lipinski definition) is 1. The van der Waals surface area contributed by atoms with E-state index < -0.39 is 0 Å². The van der Waals surface area contributed by atoms with Crippen molar-refractivity contribution in [3.63, 3.8) is 0 Å². The molecule has 0 saturated heterocycles. The Morgan fingerprint density at radius 2 is 2.10 bits per heavy atom. The van der Waals surface area contributed by atoms with Crippen molar-refractivity contribution >= 4 is 17.1 Å². The molecule has 0 saturated carbocycles. The summed E-state index contributed by atoms with van der Waals surface area (Å²) < 4.78 is 9.33. The van der Waals surface area contributed by atoms with E-state index in [0.29, 0.717) is 18.4 Å². The molecular formula is C13H18N6O. The second kappa shape index (κ2) is 4.66. The highest BCUT2D eigenvalue weighted by molar-refractivity contribution is 5.77. The van der Waals surface area contributed by atoms with E-state index in [2.05, 4.69) is 22.0 Å². The third kappa shape index (κ3) is 1.86. The first kappa shape index (κ1) is 12.7. The minimum atomic E-state index is 0.457. The first-order valence-corrected chi connectivity index (χ1v) is 6.75. The number of fused-ring (bicyclic) bond motifs is 1. The number of imidazole rings is 1. The molecule has 106 valence electrons. The molecule has 3 rings (SSSR count). The highest BCUT2D eigenvalue weighted by Gasteiger charge is 2.18. The smallest absolute Gasteiger partial charge is 0.214 e. The molecule has 3 aromatic rings. The maximum Gasteiger partial charge on any atom is 0.214 e. The van der Waals surface area contributed by atoms with Crippen LogP contribution in [0.2, 0.25) is 0 Å². The molecule has 0 bridgehead atoms. The van der Waals surface area contributed by atoms with Crippen LogP contribution in [0.4, 0.5) is 5.95 Å². The maximum absolute atomic E-state index is 6.02. The molecule has 0 atom stereocenters. The van der Waals surface area contributed by atoms with Crippen molar-refractivity contribution < 1.29 is 4.42 Å². The van der Waals surface area contributed by atoms with Crippen molar-refractivity contribution in [3.05, 3.63) is 23.5 Å². The van der Waals surface area contributed by atoms with E-state index in [-0.39, 0.29) is 0 Å². The lowest BCUT2D eigenvalue weighted by Gasteiger charge is -2.03. The monoisotopic (exact) mass is 274 g/mol. The number of oxazole rings is 1. The number of nitrogens with zero attached hydrogens (tertiary/aromatic N) is 5. The average Bonchev–Trinajstić information content (AvgIpc) is 3.09. The number of nitrogen functional groups attached to an aromatic ring is 1. The van der Waals surface area contributed by atoms with Gasteiger partial charge in [-0.1, -0.05) is 13.8 Å². The fourth-order valence-electron chi connectivity index (χ4n) is 2.37. The lowest BCUT2D eigenvalue weighted by Crippen LogP contribution is -2.08. The quantitative estimate of drug-likeness (QED) is 0.779. The maximum atomic E-state index is 6.02. The standard InChI is InChI=1S/C13H18N6O/c1-4-8-6-15-10(20-8)7-19-12-11(16-13(19)14)9(5-2)17-18(12)3/h6H,4-5,7H2,1-3H3,(H2,14,16). The van der Waals surface area contributed by atoms with Gasteiger partial charge in [0.05, 0.1) is 11.9 Å². The van der Waals surface area contributed by atoms with E-state index in [1.807, 2.05) is 18.5 Å². The summed E-state index contributed by atoms with van der Waals surface area (Å²) in [5.41, 5.74) is 8.73. The van der Waals surface area contributed by atoms with Crippen LogP contribution in [0.15, 0.2) is 10.6 Å². The molecule has 3 heterocycles. The van der Waals surface area contributed by atoms with Crippen molar-refractivity contribution in [3.8, 4) is 0 Å². The zero-order valence-electron chi connectivity index (χ0n) is 11.9. The molecule has 0 spiro atoms. The number of anilines is 1. The fourth-order valence-corrected chi connectivity index (χ4v) is 2.37. The SMILES string of the molecule is CCc1cnc(Cn2c(N)nc3c(CC)nn(C)c32)o1. The zero-order valence-corrected chi connectivity index (χ0v) is 11.9. The summed E-state index contributed by atoms with van der Waals surface area (Å²) in [4.78, 5) is 8.68. The molecule has 7 nitrogen and oxygen atoms in total. The van der Waals surface area contributed by atoms with E-state index >= 15 is 0 Å². The van der Waals surface area contributed by atoms with Crippen LogP contribution in [0, 0.1) is 0 Å². The summed E-state index contributed by atoms with van der Waals surface area (Å²) in [6, 6.07) is 0. The van der Waals surface area contributed by atoms with E-state index in [4.69, 9.17) is 10.2 Å². The molecule has 0 aliphatic carbocycles. The van der Waals surface area contributed by atoms with Gasteiger partial charge in [-0.15, -0.1) is 0 Å². The molecule has 0 fully saturated rings. The van der Waals surface area contributed by atoms with Gasteiger partial charge in [-0.2, -0.15) is 5.10 Å². The van der Waals surface area contributed by atoms with Crippen LogP contribution in [0.25, 0.3) is 11.2 Å². The van der Waals surface area contributed by atoms with Gasteiger partial charge in [0.1, 0.15) is 17.8 Å². The highest BCUT2D eigenvalue weighted by atomic mass is 16.4. The molecule has 7 heteroatoms. The van der Waals surface area contributed by atoms with Gasteiger partial charge in [-0.3, -0.25) is 9.25 Å². The Morgan fingerprint density at radius 1 is 1.30 bits per heavy atom. The van der Waals surface area contributed by atoms with Gasteiger partial charge in [-0.05, 0) is 6.42 Å². The number of rotatable bonds is 4. The van der Waals surface area contributed by atoms with Crippen LogP contribution in [-0.4, -0.2) is 24.3 Å². The van der Waals surface area contributed by atoms with Crippen molar-refractivity contribution in [1.82, 2.24) is 24.3 Å². The largest absolute Gasteiger partial charge is 0.444 e. The molecule has 20 heavy (non-hydrogen) atoms. The van der Waals surface area contributed by atoms with Crippen LogP contribution in [0.3, 0.4) is 0 Å². The fraction of sp³-hybridized carbons (Fsp3) is 0.462. The van der Waals surface area contributed by atoms with Gasteiger partial charge < -0.3 is 10.2 Å². The molecule has 0 radical (unpaired) electrons. The zero-order chi connectivity index (χ0) is 14.3. The summed E-state index contributed by atoms with van der Waals surface area (Å²) >= 11 is 0. The van der Waals surface area contributed by atoms with E-state index in [9.17, 15) is 0 Å². The van der Waals surface area contributed by atoms with Crippen LogP contribution in [-0.2, 0) is 26.4 Å². The number of aromatic nitrogens is 5. The normalized spacial score (nSPS) is 11.6. The van der Waals surface area contributed by atoms with Gasteiger partial charge in [0.15, 0.2) is 5.65 Å². The Hall–Kier alpha value is -2.31.